The third-order valence-corrected chi connectivity index (χ3v) is 4.42. The zero-order valence-electron chi connectivity index (χ0n) is 12.6. The van der Waals surface area contributed by atoms with Crippen LogP contribution in [-0.4, -0.2) is 28.2 Å². The molecule has 20 heavy (non-hydrogen) atoms. The topological polar surface area (TPSA) is 72.3 Å². The summed E-state index contributed by atoms with van der Waals surface area (Å²) in [6.45, 7) is 6.21. The van der Waals surface area contributed by atoms with Crippen molar-refractivity contribution < 1.29 is 14.6 Å². The van der Waals surface area contributed by atoms with Crippen LogP contribution >= 0.6 is 0 Å². The van der Waals surface area contributed by atoms with Crippen LogP contribution in [0.25, 0.3) is 0 Å². The summed E-state index contributed by atoms with van der Waals surface area (Å²) in [7, 11) is 1.68. The number of ether oxygens (including phenoxy) is 1. The zero-order chi connectivity index (χ0) is 15.0. The lowest BCUT2D eigenvalue weighted by Crippen LogP contribution is -2.38. The lowest BCUT2D eigenvalue weighted by atomic mass is 9.70. The Morgan fingerprint density at radius 3 is 2.35 bits per heavy atom. The van der Waals surface area contributed by atoms with Gasteiger partial charge >= 0.3 is 5.97 Å². The van der Waals surface area contributed by atoms with Gasteiger partial charge in [-0.15, -0.1) is 0 Å². The van der Waals surface area contributed by atoms with E-state index in [9.17, 15) is 4.79 Å². The van der Waals surface area contributed by atoms with Crippen molar-refractivity contribution in [1.82, 2.24) is 9.97 Å². The highest BCUT2D eigenvalue weighted by atomic mass is 16.5. The minimum Gasteiger partial charge on any atom is -0.478 e. The third-order valence-electron chi connectivity index (χ3n) is 4.42. The van der Waals surface area contributed by atoms with Gasteiger partial charge in [-0.25, -0.2) is 14.8 Å². The molecule has 1 aromatic heterocycles. The summed E-state index contributed by atoms with van der Waals surface area (Å²) in [6, 6.07) is 0. The standard InChI is InChI=1S/C15H22N2O3/c1-10-11(12(18)19)9-16-13(17-10)15(20-4)7-5-14(2,3)6-8-15/h9H,5-8H2,1-4H3,(H,18,19). The fraction of sp³-hybridized carbons (Fsp3) is 0.667. The maximum Gasteiger partial charge on any atom is 0.339 e. The number of hydrogen-bond acceptors (Lipinski definition) is 4. The van der Waals surface area contributed by atoms with Crippen LogP contribution in [0, 0.1) is 12.3 Å². The second kappa shape index (κ2) is 5.13. The first-order valence-corrected chi connectivity index (χ1v) is 6.92. The molecule has 110 valence electrons. The molecule has 0 atom stereocenters. The van der Waals surface area contributed by atoms with Crippen LogP contribution in [-0.2, 0) is 10.3 Å². The summed E-state index contributed by atoms with van der Waals surface area (Å²) >= 11 is 0. The van der Waals surface area contributed by atoms with E-state index in [1.807, 2.05) is 0 Å². The van der Waals surface area contributed by atoms with Gasteiger partial charge in [0.25, 0.3) is 0 Å². The van der Waals surface area contributed by atoms with Crippen LogP contribution in [0.3, 0.4) is 0 Å². The van der Waals surface area contributed by atoms with Crippen LogP contribution in [0.15, 0.2) is 6.20 Å². The number of aromatic carboxylic acids is 1. The Kier molecular flexibility index (Phi) is 3.82. The van der Waals surface area contributed by atoms with Crippen molar-refractivity contribution in [2.75, 3.05) is 7.11 Å². The fourth-order valence-electron chi connectivity index (χ4n) is 2.75. The molecule has 0 saturated heterocycles. The molecule has 1 fully saturated rings. The third kappa shape index (κ3) is 2.68. The Labute approximate surface area is 119 Å². The predicted molar refractivity (Wildman–Crippen MR) is 74.7 cm³/mol. The van der Waals surface area contributed by atoms with Crippen LogP contribution in [0.1, 0.15) is 61.4 Å². The minimum atomic E-state index is -0.995. The molecule has 1 aliphatic rings. The van der Waals surface area contributed by atoms with Gasteiger partial charge in [0.2, 0.25) is 0 Å². The molecule has 1 heterocycles. The van der Waals surface area contributed by atoms with Gasteiger partial charge in [-0.3, -0.25) is 0 Å². The van der Waals surface area contributed by atoms with E-state index in [0.717, 1.165) is 25.7 Å². The van der Waals surface area contributed by atoms with Gasteiger partial charge < -0.3 is 9.84 Å². The summed E-state index contributed by atoms with van der Waals surface area (Å²) in [5.41, 5.74) is 0.481. The average molecular weight is 278 g/mol. The fourth-order valence-corrected chi connectivity index (χ4v) is 2.75. The van der Waals surface area contributed by atoms with E-state index in [0.29, 0.717) is 16.9 Å². The summed E-state index contributed by atoms with van der Waals surface area (Å²) in [5.74, 6) is -0.386. The highest BCUT2D eigenvalue weighted by Gasteiger charge is 2.42. The van der Waals surface area contributed by atoms with Crippen LogP contribution in [0.2, 0.25) is 0 Å². The average Bonchev–Trinajstić information content (AvgIpc) is 2.39. The number of hydrogen-bond donors (Lipinski definition) is 1. The van der Waals surface area contributed by atoms with E-state index in [1.54, 1.807) is 14.0 Å². The quantitative estimate of drug-likeness (QED) is 0.920. The van der Waals surface area contributed by atoms with E-state index in [-0.39, 0.29) is 5.56 Å². The van der Waals surface area contributed by atoms with Gasteiger partial charge in [-0.05, 0) is 38.0 Å². The number of nitrogens with zero attached hydrogens (tertiary/aromatic N) is 2. The van der Waals surface area contributed by atoms with Crippen molar-refractivity contribution in [2.45, 2.75) is 52.1 Å². The number of aromatic nitrogens is 2. The number of aryl methyl sites for hydroxylation is 1. The molecular weight excluding hydrogens is 256 g/mol. The molecule has 0 amide bonds. The highest BCUT2D eigenvalue weighted by Crippen LogP contribution is 2.46. The first-order chi connectivity index (χ1) is 9.30. The normalized spacial score (nSPS) is 20.6. The number of carbonyl (C=O) groups is 1. The lowest BCUT2D eigenvalue weighted by molar-refractivity contribution is -0.0730. The van der Waals surface area contributed by atoms with Crippen molar-refractivity contribution in [3.05, 3.63) is 23.3 Å². The maximum atomic E-state index is 11.0. The van der Waals surface area contributed by atoms with Crippen molar-refractivity contribution in [1.29, 1.82) is 0 Å². The SMILES string of the molecule is COC1(c2ncc(C(=O)O)c(C)n2)CCC(C)(C)CC1. The second-order valence-corrected chi connectivity index (χ2v) is 6.36. The Balaban J connectivity index is 2.33. The van der Waals surface area contributed by atoms with Gasteiger partial charge in [0.1, 0.15) is 5.60 Å². The van der Waals surface area contributed by atoms with Crippen molar-refractivity contribution in [2.24, 2.45) is 5.41 Å². The summed E-state index contributed by atoms with van der Waals surface area (Å²) in [4.78, 5) is 19.7. The van der Waals surface area contributed by atoms with E-state index >= 15 is 0 Å². The summed E-state index contributed by atoms with van der Waals surface area (Å²) in [5, 5.41) is 9.05. The molecule has 5 heteroatoms. The van der Waals surface area contributed by atoms with E-state index in [4.69, 9.17) is 9.84 Å². The smallest absolute Gasteiger partial charge is 0.339 e. The van der Waals surface area contributed by atoms with Gasteiger partial charge in [0, 0.05) is 13.3 Å². The molecule has 1 aliphatic carbocycles. The number of carboxylic acids is 1. The maximum absolute atomic E-state index is 11.0. The predicted octanol–water partition coefficient (Wildman–Crippen LogP) is 2.93. The summed E-state index contributed by atoms with van der Waals surface area (Å²) < 4.78 is 5.74. The first kappa shape index (κ1) is 14.9. The molecule has 1 saturated carbocycles. The van der Waals surface area contributed by atoms with Crippen LogP contribution in [0.4, 0.5) is 0 Å². The molecule has 0 spiro atoms. The Bertz CT molecular complexity index is 516. The van der Waals surface area contributed by atoms with Gasteiger partial charge in [0.05, 0.1) is 11.3 Å². The molecule has 0 aliphatic heterocycles. The van der Waals surface area contributed by atoms with Gasteiger partial charge in [-0.2, -0.15) is 0 Å². The Morgan fingerprint density at radius 2 is 1.90 bits per heavy atom. The van der Waals surface area contributed by atoms with Gasteiger partial charge in [0.15, 0.2) is 5.82 Å². The van der Waals surface area contributed by atoms with E-state index < -0.39 is 11.6 Å². The zero-order valence-corrected chi connectivity index (χ0v) is 12.6. The number of methoxy groups -OCH3 is 1. The second-order valence-electron chi connectivity index (χ2n) is 6.36. The molecule has 0 bridgehead atoms. The molecule has 1 N–H and O–H groups in total. The number of rotatable bonds is 3. The van der Waals surface area contributed by atoms with Gasteiger partial charge in [-0.1, -0.05) is 13.8 Å². The molecule has 0 unspecified atom stereocenters. The largest absolute Gasteiger partial charge is 0.478 e. The molecule has 0 aromatic carbocycles. The van der Waals surface area contributed by atoms with Crippen molar-refractivity contribution in [3.63, 3.8) is 0 Å². The van der Waals surface area contributed by atoms with Crippen molar-refractivity contribution >= 4 is 5.97 Å². The molecule has 5 nitrogen and oxygen atoms in total. The van der Waals surface area contributed by atoms with Crippen LogP contribution in [0.5, 0.6) is 0 Å². The Hall–Kier alpha value is -1.49. The molecule has 0 radical (unpaired) electrons. The monoisotopic (exact) mass is 278 g/mol. The van der Waals surface area contributed by atoms with Crippen molar-refractivity contribution in [3.8, 4) is 0 Å². The molecular formula is C15H22N2O3. The first-order valence-electron chi connectivity index (χ1n) is 6.92. The van der Waals surface area contributed by atoms with E-state index in [2.05, 4.69) is 23.8 Å². The summed E-state index contributed by atoms with van der Waals surface area (Å²) in [6.07, 6.45) is 5.21. The Morgan fingerprint density at radius 1 is 1.30 bits per heavy atom. The minimum absolute atomic E-state index is 0.149. The highest BCUT2D eigenvalue weighted by molar-refractivity contribution is 5.88. The molecule has 1 aromatic rings. The van der Waals surface area contributed by atoms with E-state index in [1.165, 1.54) is 6.20 Å². The van der Waals surface area contributed by atoms with Crippen LogP contribution < -0.4 is 0 Å². The number of carboxylic acid groups (broad SMARTS) is 1. The molecule has 2 rings (SSSR count). The lowest BCUT2D eigenvalue weighted by Gasteiger charge is -2.41.